The lowest BCUT2D eigenvalue weighted by molar-refractivity contribution is 0.266. The van der Waals surface area contributed by atoms with Crippen molar-refractivity contribution in [2.75, 3.05) is 6.61 Å². The van der Waals surface area contributed by atoms with Crippen molar-refractivity contribution in [2.24, 2.45) is 0 Å². The molecule has 5 rings (SSSR count). The number of aryl methyl sites for hydroxylation is 2. The monoisotopic (exact) mass is 474 g/mol. The molecule has 0 bridgehead atoms. The molecule has 0 saturated carbocycles. The van der Waals surface area contributed by atoms with Gasteiger partial charge in [-0.15, -0.1) is 0 Å². The number of ether oxygens (including phenoxy) is 2. The molecule has 2 heterocycles. The van der Waals surface area contributed by atoms with Gasteiger partial charge in [-0.25, -0.2) is 13.8 Å². The van der Waals surface area contributed by atoms with Gasteiger partial charge < -0.3 is 9.47 Å². The first-order valence-electron chi connectivity index (χ1n) is 11.0. The zero-order chi connectivity index (χ0) is 23.8. The number of hydrogen-bond acceptors (Lipinski definition) is 5. The predicted molar refractivity (Wildman–Crippen MR) is 133 cm³/mol. The molecule has 172 valence electrons. The van der Waals surface area contributed by atoms with E-state index in [0.29, 0.717) is 33.2 Å². The third-order valence-corrected chi connectivity index (χ3v) is 6.73. The highest BCUT2D eigenvalue weighted by Crippen LogP contribution is 2.30. The highest BCUT2D eigenvalue weighted by atomic mass is 32.1. The predicted octanol–water partition coefficient (Wildman–Crippen LogP) is 5.19. The Kier molecular flexibility index (Phi) is 5.79. The van der Waals surface area contributed by atoms with Crippen molar-refractivity contribution in [3.05, 3.63) is 97.6 Å². The minimum Gasteiger partial charge on any atom is -0.490 e. The quantitative estimate of drug-likeness (QED) is 0.340. The third-order valence-electron chi connectivity index (χ3n) is 5.76. The standard InChI is InChI=1S/C27H23FN2O3S/c1-4-32-24-13-18(9-10-23(24)33-15-19-7-5-6-8-20(19)28)14-25-26(31)30-22-12-17(3)16(2)11-21(22)29-27(30)34-25/h5-14H,4,15H2,1-3H3. The summed E-state index contributed by atoms with van der Waals surface area (Å²) in [6.45, 7) is 6.50. The van der Waals surface area contributed by atoms with E-state index < -0.39 is 0 Å². The van der Waals surface area contributed by atoms with Gasteiger partial charge in [0.2, 0.25) is 0 Å². The fourth-order valence-electron chi connectivity index (χ4n) is 3.84. The third kappa shape index (κ3) is 4.03. The van der Waals surface area contributed by atoms with Crippen LogP contribution in [0.25, 0.3) is 22.1 Å². The lowest BCUT2D eigenvalue weighted by Crippen LogP contribution is -2.22. The average molecular weight is 475 g/mol. The highest BCUT2D eigenvalue weighted by Gasteiger charge is 2.13. The Bertz CT molecular complexity index is 1640. The van der Waals surface area contributed by atoms with Crippen LogP contribution in [0.1, 0.15) is 29.2 Å². The van der Waals surface area contributed by atoms with Crippen LogP contribution >= 0.6 is 11.3 Å². The van der Waals surface area contributed by atoms with Gasteiger partial charge in [0.15, 0.2) is 16.5 Å². The Hall–Kier alpha value is -3.71. The minimum absolute atomic E-state index is 0.0919. The summed E-state index contributed by atoms with van der Waals surface area (Å²) < 4.78 is 27.8. The maximum Gasteiger partial charge on any atom is 0.274 e. The second kappa shape index (κ2) is 8.91. The van der Waals surface area contributed by atoms with Gasteiger partial charge in [0, 0.05) is 5.56 Å². The van der Waals surface area contributed by atoms with Crippen LogP contribution in [0.5, 0.6) is 11.5 Å². The maximum atomic E-state index is 13.9. The molecule has 0 aliphatic carbocycles. The van der Waals surface area contributed by atoms with Gasteiger partial charge in [0.05, 0.1) is 22.2 Å². The molecule has 34 heavy (non-hydrogen) atoms. The number of rotatable bonds is 6. The zero-order valence-electron chi connectivity index (χ0n) is 19.1. The summed E-state index contributed by atoms with van der Waals surface area (Å²) in [5.74, 6) is 0.745. The van der Waals surface area contributed by atoms with Crippen molar-refractivity contribution in [1.82, 2.24) is 9.38 Å². The summed E-state index contributed by atoms with van der Waals surface area (Å²) >= 11 is 1.36. The number of nitrogens with zero attached hydrogens (tertiary/aromatic N) is 2. The molecule has 0 saturated heterocycles. The largest absolute Gasteiger partial charge is 0.490 e. The maximum absolute atomic E-state index is 13.9. The smallest absolute Gasteiger partial charge is 0.274 e. The molecule has 0 aliphatic rings. The molecule has 5 nitrogen and oxygen atoms in total. The van der Waals surface area contributed by atoms with E-state index in [0.717, 1.165) is 27.7 Å². The van der Waals surface area contributed by atoms with E-state index in [9.17, 15) is 9.18 Å². The average Bonchev–Trinajstić information content (AvgIpc) is 3.30. The molecule has 0 radical (unpaired) electrons. The summed E-state index contributed by atoms with van der Waals surface area (Å²) in [6.07, 6.45) is 1.83. The second-order valence-electron chi connectivity index (χ2n) is 8.09. The lowest BCUT2D eigenvalue weighted by Gasteiger charge is -2.13. The summed E-state index contributed by atoms with van der Waals surface area (Å²) in [7, 11) is 0. The van der Waals surface area contributed by atoms with Crippen LogP contribution in [-0.4, -0.2) is 16.0 Å². The number of imidazole rings is 1. The Morgan fingerprint density at radius 2 is 1.82 bits per heavy atom. The fourth-order valence-corrected chi connectivity index (χ4v) is 4.83. The number of benzene rings is 3. The van der Waals surface area contributed by atoms with E-state index in [1.165, 1.54) is 17.4 Å². The van der Waals surface area contributed by atoms with E-state index in [1.807, 2.05) is 51.1 Å². The Balaban J connectivity index is 1.51. The van der Waals surface area contributed by atoms with Gasteiger partial charge in [0.25, 0.3) is 5.56 Å². The van der Waals surface area contributed by atoms with Gasteiger partial charge >= 0.3 is 0 Å². The van der Waals surface area contributed by atoms with Crippen molar-refractivity contribution < 1.29 is 13.9 Å². The first-order valence-corrected chi connectivity index (χ1v) is 11.8. The number of thiazole rings is 1. The normalized spacial score (nSPS) is 12.1. The van der Waals surface area contributed by atoms with E-state index in [2.05, 4.69) is 4.98 Å². The summed E-state index contributed by atoms with van der Waals surface area (Å²) in [4.78, 5) is 18.5. The molecule has 0 amide bonds. The molecule has 5 aromatic rings. The molecular weight excluding hydrogens is 451 g/mol. The van der Waals surface area contributed by atoms with Crippen LogP contribution in [0.3, 0.4) is 0 Å². The van der Waals surface area contributed by atoms with Crippen LogP contribution in [0.4, 0.5) is 4.39 Å². The number of aromatic nitrogens is 2. The Morgan fingerprint density at radius 1 is 1.03 bits per heavy atom. The number of halogens is 1. The topological polar surface area (TPSA) is 52.8 Å². The summed E-state index contributed by atoms with van der Waals surface area (Å²) in [5.41, 5.74) is 5.11. The molecule has 0 aliphatic heterocycles. The fraction of sp³-hybridized carbons (Fsp3) is 0.185. The molecule has 7 heteroatoms. The van der Waals surface area contributed by atoms with Crippen molar-refractivity contribution in [3.8, 4) is 11.5 Å². The van der Waals surface area contributed by atoms with E-state index in [1.54, 1.807) is 28.7 Å². The van der Waals surface area contributed by atoms with Crippen LogP contribution in [0.2, 0.25) is 0 Å². The van der Waals surface area contributed by atoms with Gasteiger partial charge in [-0.2, -0.15) is 0 Å². The van der Waals surface area contributed by atoms with Crippen LogP contribution in [0, 0.1) is 19.7 Å². The first-order chi connectivity index (χ1) is 16.4. The van der Waals surface area contributed by atoms with Crippen LogP contribution in [-0.2, 0) is 6.61 Å². The van der Waals surface area contributed by atoms with Gasteiger partial charge in [-0.3, -0.25) is 4.79 Å². The molecule has 0 spiro atoms. The molecule has 0 N–H and O–H groups in total. The van der Waals surface area contributed by atoms with E-state index >= 15 is 0 Å². The summed E-state index contributed by atoms with van der Waals surface area (Å²) in [5, 5.41) is 0. The van der Waals surface area contributed by atoms with Crippen molar-refractivity contribution in [2.45, 2.75) is 27.4 Å². The van der Waals surface area contributed by atoms with Crippen molar-refractivity contribution >= 4 is 33.4 Å². The minimum atomic E-state index is -0.311. The van der Waals surface area contributed by atoms with Crippen LogP contribution < -0.4 is 19.6 Å². The molecule has 0 unspecified atom stereocenters. The second-order valence-corrected chi connectivity index (χ2v) is 9.10. The molecule has 0 fully saturated rings. The molecule has 2 aromatic heterocycles. The Labute approximate surface area is 199 Å². The molecule has 3 aromatic carbocycles. The lowest BCUT2D eigenvalue weighted by atomic mass is 10.1. The number of fused-ring (bicyclic) bond motifs is 3. The number of hydrogen-bond donors (Lipinski definition) is 0. The Morgan fingerprint density at radius 3 is 2.62 bits per heavy atom. The molecular formula is C27H23FN2O3S. The van der Waals surface area contributed by atoms with E-state index in [-0.39, 0.29) is 18.0 Å². The van der Waals surface area contributed by atoms with Gasteiger partial charge in [-0.05, 0) is 73.9 Å². The molecule has 0 atom stereocenters. The van der Waals surface area contributed by atoms with Crippen molar-refractivity contribution in [1.29, 1.82) is 0 Å². The highest BCUT2D eigenvalue weighted by molar-refractivity contribution is 7.15. The van der Waals surface area contributed by atoms with Crippen molar-refractivity contribution in [3.63, 3.8) is 0 Å². The van der Waals surface area contributed by atoms with Crippen LogP contribution in [0.15, 0.2) is 59.4 Å². The van der Waals surface area contributed by atoms with Gasteiger partial charge in [-0.1, -0.05) is 35.6 Å². The first kappa shape index (κ1) is 22.1. The van der Waals surface area contributed by atoms with E-state index in [4.69, 9.17) is 9.47 Å². The zero-order valence-corrected chi connectivity index (χ0v) is 19.9. The van der Waals surface area contributed by atoms with Gasteiger partial charge in [0.1, 0.15) is 12.4 Å². The summed E-state index contributed by atoms with van der Waals surface area (Å²) in [6, 6.07) is 16.0. The SMILES string of the molecule is CCOc1cc(C=c2sc3nc4cc(C)c(C)cc4n3c2=O)ccc1OCc1ccccc1F.